The molecule has 2 amide bonds. The molecular weight excluding hydrogens is 292 g/mol. The molecule has 1 rings (SSSR count). The molecule has 1 heterocycles. The van der Waals surface area contributed by atoms with Crippen LogP contribution in [0.3, 0.4) is 0 Å². The summed E-state index contributed by atoms with van der Waals surface area (Å²) in [6.07, 6.45) is 2.76. The smallest absolute Gasteiger partial charge is 0.245 e. The van der Waals surface area contributed by atoms with Gasteiger partial charge in [0.1, 0.15) is 6.04 Å². The molecule has 5 nitrogen and oxygen atoms in total. The summed E-state index contributed by atoms with van der Waals surface area (Å²) in [6, 6.07) is -0.435. The van der Waals surface area contributed by atoms with Crippen molar-refractivity contribution in [1.29, 1.82) is 0 Å². The van der Waals surface area contributed by atoms with E-state index in [0.29, 0.717) is 37.8 Å². The highest BCUT2D eigenvalue weighted by molar-refractivity contribution is 5.87. The Balaban J connectivity index is 2.66. The van der Waals surface area contributed by atoms with E-state index in [-0.39, 0.29) is 23.8 Å². The molecule has 1 saturated heterocycles. The molecule has 5 heteroatoms. The standard InChI is InChI=1S/C18H34N2O3/c1-13(2)10-15(19-16(22)11-18(3,4)5)17(23)20-8-6-14(12-21)7-9-20/h13-15,21H,6-12H2,1-5H3,(H,19,22). The highest BCUT2D eigenvalue weighted by atomic mass is 16.3. The number of nitrogens with one attached hydrogen (secondary N) is 1. The maximum absolute atomic E-state index is 12.8. The number of aliphatic hydroxyl groups is 1. The number of carbonyl (C=O) groups excluding carboxylic acids is 2. The summed E-state index contributed by atoms with van der Waals surface area (Å²) in [4.78, 5) is 26.8. The summed E-state index contributed by atoms with van der Waals surface area (Å²) in [6.45, 7) is 11.7. The Labute approximate surface area is 140 Å². The van der Waals surface area contributed by atoms with Gasteiger partial charge >= 0.3 is 0 Å². The number of hydrogen-bond acceptors (Lipinski definition) is 3. The molecule has 1 fully saturated rings. The van der Waals surface area contributed by atoms with E-state index in [1.807, 2.05) is 25.7 Å². The molecule has 0 aromatic rings. The lowest BCUT2D eigenvalue weighted by Crippen LogP contribution is -2.51. The van der Waals surface area contributed by atoms with E-state index in [0.717, 1.165) is 12.8 Å². The average Bonchev–Trinajstić information content (AvgIpc) is 2.43. The van der Waals surface area contributed by atoms with Crippen LogP contribution in [-0.4, -0.2) is 47.6 Å². The quantitative estimate of drug-likeness (QED) is 0.786. The Morgan fingerprint density at radius 3 is 2.22 bits per heavy atom. The van der Waals surface area contributed by atoms with E-state index in [4.69, 9.17) is 0 Å². The second kappa shape index (κ2) is 8.67. The van der Waals surface area contributed by atoms with Crippen molar-refractivity contribution in [2.24, 2.45) is 17.3 Å². The zero-order chi connectivity index (χ0) is 17.6. The first-order chi connectivity index (χ1) is 10.6. The molecule has 1 aliphatic rings. The highest BCUT2D eigenvalue weighted by Crippen LogP contribution is 2.20. The average molecular weight is 326 g/mol. The van der Waals surface area contributed by atoms with Crippen LogP contribution in [0, 0.1) is 17.3 Å². The monoisotopic (exact) mass is 326 g/mol. The number of aliphatic hydroxyl groups excluding tert-OH is 1. The molecular formula is C18H34N2O3. The van der Waals surface area contributed by atoms with Gasteiger partial charge in [0.2, 0.25) is 11.8 Å². The van der Waals surface area contributed by atoms with Crippen LogP contribution >= 0.6 is 0 Å². The Morgan fingerprint density at radius 2 is 1.78 bits per heavy atom. The molecule has 0 aromatic carbocycles. The topological polar surface area (TPSA) is 69.6 Å². The number of amides is 2. The van der Waals surface area contributed by atoms with Crippen molar-refractivity contribution in [2.45, 2.75) is 66.3 Å². The fourth-order valence-electron chi connectivity index (χ4n) is 2.98. The molecule has 134 valence electrons. The van der Waals surface area contributed by atoms with E-state index in [2.05, 4.69) is 19.2 Å². The van der Waals surface area contributed by atoms with Gasteiger partial charge < -0.3 is 15.3 Å². The van der Waals surface area contributed by atoms with Crippen molar-refractivity contribution in [3.63, 3.8) is 0 Å². The molecule has 1 atom stereocenters. The third-order valence-corrected chi connectivity index (χ3v) is 4.22. The molecule has 0 radical (unpaired) electrons. The minimum absolute atomic E-state index is 0.0253. The number of likely N-dealkylation sites (tertiary alicyclic amines) is 1. The van der Waals surface area contributed by atoms with Crippen molar-refractivity contribution in [2.75, 3.05) is 19.7 Å². The number of rotatable bonds is 6. The highest BCUT2D eigenvalue weighted by Gasteiger charge is 2.30. The Morgan fingerprint density at radius 1 is 1.22 bits per heavy atom. The van der Waals surface area contributed by atoms with Gasteiger partial charge in [-0.3, -0.25) is 9.59 Å². The second-order valence-corrected chi connectivity index (χ2v) is 8.44. The maximum Gasteiger partial charge on any atom is 0.245 e. The van der Waals surface area contributed by atoms with Gasteiger partial charge in [-0.15, -0.1) is 0 Å². The number of carbonyl (C=O) groups is 2. The van der Waals surface area contributed by atoms with E-state index < -0.39 is 6.04 Å². The van der Waals surface area contributed by atoms with Crippen LogP contribution in [0.15, 0.2) is 0 Å². The zero-order valence-electron chi connectivity index (χ0n) is 15.4. The number of piperidine rings is 1. The van der Waals surface area contributed by atoms with Gasteiger partial charge in [-0.05, 0) is 36.5 Å². The van der Waals surface area contributed by atoms with E-state index >= 15 is 0 Å². The van der Waals surface area contributed by atoms with E-state index in [1.165, 1.54) is 0 Å². The third-order valence-electron chi connectivity index (χ3n) is 4.22. The van der Waals surface area contributed by atoms with Gasteiger partial charge in [0, 0.05) is 26.1 Å². The van der Waals surface area contributed by atoms with Gasteiger partial charge in [0.25, 0.3) is 0 Å². The van der Waals surface area contributed by atoms with Gasteiger partial charge in [-0.25, -0.2) is 0 Å². The fraction of sp³-hybridized carbons (Fsp3) is 0.889. The lowest BCUT2D eigenvalue weighted by molar-refractivity contribution is -0.138. The minimum Gasteiger partial charge on any atom is -0.396 e. The molecule has 2 N–H and O–H groups in total. The van der Waals surface area contributed by atoms with Gasteiger partial charge in [-0.2, -0.15) is 0 Å². The van der Waals surface area contributed by atoms with Gasteiger partial charge in [0.05, 0.1) is 0 Å². The first-order valence-electron chi connectivity index (χ1n) is 8.81. The zero-order valence-corrected chi connectivity index (χ0v) is 15.4. The number of nitrogens with zero attached hydrogens (tertiary/aromatic N) is 1. The maximum atomic E-state index is 12.8. The Kier molecular flexibility index (Phi) is 7.52. The first-order valence-corrected chi connectivity index (χ1v) is 8.81. The van der Waals surface area contributed by atoms with Crippen LogP contribution in [-0.2, 0) is 9.59 Å². The van der Waals surface area contributed by atoms with Crippen LogP contribution in [0.4, 0.5) is 0 Å². The normalized spacial score (nSPS) is 18.1. The van der Waals surface area contributed by atoms with Crippen LogP contribution in [0.25, 0.3) is 0 Å². The fourth-order valence-corrected chi connectivity index (χ4v) is 2.98. The molecule has 0 spiro atoms. The predicted octanol–water partition coefficient (Wildman–Crippen LogP) is 2.18. The molecule has 0 aliphatic carbocycles. The molecule has 0 bridgehead atoms. The largest absolute Gasteiger partial charge is 0.396 e. The van der Waals surface area contributed by atoms with Crippen molar-refractivity contribution < 1.29 is 14.7 Å². The summed E-state index contributed by atoms with van der Waals surface area (Å²) >= 11 is 0. The van der Waals surface area contributed by atoms with Crippen molar-refractivity contribution in [3.05, 3.63) is 0 Å². The molecule has 1 unspecified atom stereocenters. The molecule has 23 heavy (non-hydrogen) atoms. The first kappa shape index (κ1) is 19.9. The summed E-state index contributed by atoms with van der Waals surface area (Å²) in [7, 11) is 0. The Hall–Kier alpha value is -1.10. The van der Waals surface area contributed by atoms with Crippen LogP contribution < -0.4 is 5.32 Å². The SMILES string of the molecule is CC(C)CC(NC(=O)CC(C)(C)C)C(=O)N1CCC(CO)CC1. The molecule has 0 saturated carbocycles. The number of hydrogen-bond donors (Lipinski definition) is 2. The van der Waals surface area contributed by atoms with Crippen molar-refractivity contribution in [1.82, 2.24) is 10.2 Å². The lowest BCUT2D eigenvalue weighted by atomic mass is 9.91. The minimum atomic E-state index is -0.435. The predicted molar refractivity (Wildman–Crippen MR) is 91.8 cm³/mol. The van der Waals surface area contributed by atoms with E-state index in [1.54, 1.807) is 0 Å². The van der Waals surface area contributed by atoms with Crippen molar-refractivity contribution >= 4 is 11.8 Å². The summed E-state index contributed by atoms with van der Waals surface area (Å²) < 4.78 is 0. The molecule has 1 aliphatic heterocycles. The lowest BCUT2D eigenvalue weighted by Gasteiger charge is -2.34. The van der Waals surface area contributed by atoms with Gasteiger partial charge in [0.15, 0.2) is 0 Å². The van der Waals surface area contributed by atoms with Crippen molar-refractivity contribution in [3.8, 4) is 0 Å². The van der Waals surface area contributed by atoms with Gasteiger partial charge in [-0.1, -0.05) is 34.6 Å². The van der Waals surface area contributed by atoms with Crippen LogP contribution in [0.5, 0.6) is 0 Å². The van der Waals surface area contributed by atoms with Crippen LogP contribution in [0.1, 0.15) is 60.3 Å². The van der Waals surface area contributed by atoms with E-state index in [9.17, 15) is 14.7 Å². The molecule has 0 aromatic heterocycles. The summed E-state index contributed by atoms with van der Waals surface area (Å²) in [5, 5.41) is 12.2. The summed E-state index contributed by atoms with van der Waals surface area (Å²) in [5.41, 5.74) is -0.0883. The Bertz CT molecular complexity index is 394. The second-order valence-electron chi connectivity index (χ2n) is 8.44. The van der Waals surface area contributed by atoms with Crippen LogP contribution in [0.2, 0.25) is 0 Å². The third kappa shape index (κ3) is 7.34. The summed E-state index contributed by atoms with van der Waals surface area (Å²) in [5.74, 6) is 0.617.